The monoisotopic (exact) mass is 476 g/mol. The molecule has 1 aromatic carbocycles. The molecule has 0 fully saturated rings. The number of halogens is 2. The van der Waals surface area contributed by atoms with Crippen LogP contribution < -0.4 is 4.74 Å². The molecule has 5 heteroatoms. The van der Waals surface area contributed by atoms with E-state index in [0.717, 1.165) is 23.4 Å². The van der Waals surface area contributed by atoms with Crippen LogP contribution in [0.25, 0.3) is 0 Å². The zero-order valence-electron chi connectivity index (χ0n) is 10.2. The first-order chi connectivity index (χ1) is 8.11. The van der Waals surface area contributed by atoms with E-state index >= 15 is 0 Å². The molecule has 0 aliphatic rings. The van der Waals surface area contributed by atoms with Crippen molar-refractivity contribution >= 4 is 54.2 Å². The predicted octanol–water partition coefficient (Wildman–Crippen LogP) is 3.72. The fourth-order valence-corrected chi connectivity index (χ4v) is 2.74. The number of rotatable bonds is 7. The summed E-state index contributed by atoms with van der Waals surface area (Å²) in [4.78, 5) is 0. The highest BCUT2D eigenvalue weighted by Crippen LogP contribution is 2.15. The predicted molar refractivity (Wildman–Crippen MR) is 91.9 cm³/mol. The Morgan fingerprint density at radius 2 is 1.82 bits per heavy atom. The fraction of sp³-hybridized carbons (Fsp3) is 0.500. The van der Waals surface area contributed by atoms with Gasteiger partial charge in [-0.1, -0.05) is 22.6 Å². The summed E-state index contributed by atoms with van der Waals surface area (Å²) >= 11 is 4.69. The molecule has 0 saturated heterocycles. The normalized spacial score (nSPS) is 12.8. The smallest absolute Gasteiger partial charge is 0.170 e. The Balaban J connectivity index is 2.34. The van der Waals surface area contributed by atoms with E-state index in [2.05, 4.69) is 70.4 Å². The van der Waals surface area contributed by atoms with Gasteiger partial charge in [0.1, 0.15) is 5.75 Å². The largest absolute Gasteiger partial charge is 0.493 e. The summed E-state index contributed by atoms with van der Waals surface area (Å²) in [5.41, 5.74) is 0. The van der Waals surface area contributed by atoms with Crippen molar-refractivity contribution in [2.75, 3.05) is 17.6 Å². The third-order valence-corrected chi connectivity index (χ3v) is 5.01. The van der Waals surface area contributed by atoms with Crippen LogP contribution in [0, 0.1) is 9.49 Å². The summed E-state index contributed by atoms with van der Waals surface area (Å²) < 4.78 is 13.8. The van der Waals surface area contributed by atoms with E-state index in [0.29, 0.717) is 5.92 Å². The van der Waals surface area contributed by atoms with Crippen molar-refractivity contribution in [1.82, 2.24) is 0 Å². The molecule has 0 amide bonds. The topological polar surface area (TPSA) is 18.5 Å². The van der Waals surface area contributed by atoms with E-state index in [9.17, 15) is 0 Å². The van der Waals surface area contributed by atoms with Gasteiger partial charge in [0.15, 0.2) is 9.04 Å². The zero-order chi connectivity index (χ0) is 12.7. The molecule has 0 aromatic heterocycles. The molecule has 0 saturated carbocycles. The van der Waals surface area contributed by atoms with Gasteiger partial charge in [-0.15, -0.1) is 0 Å². The van der Waals surface area contributed by atoms with Crippen LogP contribution in [0.4, 0.5) is 0 Å². The van der Waals surface area contributed by atoms with Crippen LogP contribution >= 0.6 is 45.2 Å². The standard InChI is InChI=1S/C12H18I2O2Si/c1-17(2)16-9-10(7-13)8-15-12-5-3-11(14)4-6-12/h3-6,10,17H,7-9H2,1-2H3. The number of alkyl halides is 1. The Hall–Kier alpha value is 0.657. The minimum absolute atomic E-state index is 0.491. The fourth-order valence-electron chi connectivity index (χ4n) is 1.21. The average Bonchev–Trinajstić information content (AvgIpc) is 2.31. The van der Waals surface area contributed by atoms with Gasteiger partial charge in [0, 0.05) is 20.5 Å². The van der Waals surface area contributed by atoms with Gasteiger partial charge < -0.3 is 9.16 Å². The first kappa shape index (κ1) is 15.7. The summed E-state index contributed by atoms with van der Waals surface area (Å²) in [6, 6.07) is 8.16. The quantitative estimate of drug-likeness (QED) is 0.340. The van der Waals surface area contributed by atoms with Crippen molar-refractivity contribution in [2.45, 2.75) is 13.1 Å². The van der Waals surface area contributed by atoms with Crippen LogP contribution in [-0.4, -0.2) is 26.7 Å². The molecule has 1 unspecified atom stereocenters. The molecule has 0 aliphatic heterocycles. The second-order valence-electron chi connectivity index (χ2n) is 4.17. The van der Waals surface area contributed by atoms with Crippen LogP contribution in [0.3, 0.4) is 0 Å². The highest BCUT2D eigenvalue weighted by Gasteiger charge is 2.09. The van der Waals surface area contributed by atoms with Crippen LogP contribution in [0.1, 0.15) is 0 Å². The van der Waals surface area contributed by atoms with Gasteiger partial charge in [-0.2, -0.15) is 0 Å². The molecule has 0 aliphatic carbocycles. The highest BCUT2D eigenvalue weighted by molar-refractivity contribution is 14.1. The number of hydrogen-bond donors (Lipinski definition) is 0. The summed E-state index contributed by atoms with van der Waals surface area (Å²) in [6.07, 6.45) is 0. The number of hydrogen-bond acceptors (Lipinski definition) is 2. The van der Waals surface area contributed by atoms with Crippen molar-refractivity contribution < 1.29 is 9.16 Å². The Morgan fingerprint density at radius 3 is 2.35 bits per heavy atom. The van der Waals surface area contributed by atoms with Crippen LogP contribution in [0.5, 0.6) is 5.75 Å². The minimum Gasteiger partial charge on any atom is -0.493 e. The van der Waals surface area contributed by atoms with Crippen LogP contribution in [0.15, 0.2) is 24.3 Å². The molecule has 0 spiro atoms. The van der Waals surface area contributed by atoms with E-state index in [1.165, 1.54) is 3.57 Å². The summed E-state index contributed by atoms with van der Waals surface area (Å²) in [5, 5.41) is 0. The maximum atomic E-state index is 5.77. The first-order valence-electron chi connectivity index (χ1n) is 5.67. The van der Waals surface area contributed by atoms with Crippen LogP contribution in [-0.2, 0) is 4.43 Å². The second kappa shape index (κ2) is 8.71. The van der Waals surface area contributed by atoms with Gasteiger partial charge in [0.2, 0.25) is 0 Å². The van der Waals surface area contributed by atoms with Gasteiger partial charge in [0.25, 0.3) is 0 Å². The van der Waals surface area contributed by atoms with Crippen LogP contribution in [0.2, 0.25) is 13.1 Å². The average molecular weight is 476 g/mol. The maximum Gasteiger partial charge on any atom is 0.170 e. The Labute approximate surface area is 132 Å². The minimum atomic E-state index is -0.906. The summed E-state index contributed by atoms with van der Waals surface area (Å²) in [5.74, 6) is 1.44. The van der Waals surface area contributed by atoms with Crippen molar-refractivity contribution in [2.24, 2.45) is 5.92 Å². The van der Waals surface area contributed by atoms with E-state index < -0.39 is 9.04 Å². The third kappa shape index (κ3) is 6.97. The molecule has 17 heavy (non-hydrogen) atoms. The number of ether oxygens (including phenoxy) is 1. The van der Waals surface area contributed by atoms with Gasteiger partial charge >= 0.3 is 0 Å². The molecule has 0 N–H and O–H groups in total. The zero-order valence-corrected chi connectivity index (χ0v) is 15.6. The van der Waals surface area contributed by atoms with Gasteiger partial charge in [0.05, 0.1) is 6.61 Å². The van der Waals surface area contributed by atoms with E-state index in [1.807, 2.05) is 12.1 Å². The molecule has 0 radical (unpaired) electrons. The van der Waals surface area contributed by atoms with Gasteiger partial charge in [-0.05, 0) is 60.0 Å². The van der Waals surface area contributed by atoms with Crippen molar-refractivity contribution in [3.8, 4) is 5.75 Å². The van der Waals surface area contributed by atoms with E-state index in [1.54, 1.807) is 0 Å². The highest BCUT2D eigenvalue weighted by atomic mass is 127. The lowest BCUT2D eigenvalue weighted by Crippen LogP contribution is -2.22. The van der Waals surface area contributed by atoms with E-state index in [4.69, 9.17) is 9.16 Å². The molecule has 0 bridgehead atoms. The molecule has 0 heterocycles. The summed E-state index contributed by atoms with van der Waals surface area (Å²) in [6.45, 7) is 5.97. The Morgan fingerprint density at radius 1 is 1.18 bits per heavy atom. The van der Waals surface area contributed by atoms with Crippen molar-refractivity contribution in [3.05, 3.63) is 27.8 Å². The second-order valence-corrected chi connectivity index (χ2v) is 8.72. The van der Waals surface area contributed by atoms with Gasteiger partial charge in [-0.25, -0.2) is 0 Å². The van der Waals surface area contributed by atoms with Gasteiger partial charge in [-0.3, -0.25) is 0 Å². The van der Waals surface area contributed by atoms with E-state index in [-0.39, 0.29) is 0 Å². The molecular formula is C12H18I2O2Si. The number of benzene rings is 1. The van der Waals surface area contributed by atoms with Crippen molar-refractivity contribution in [1.29, 1.82) is 0 Å². The lowest BCUT2D eigenvalue weighted by molar-refractivity contribution is 0.194. The maximum absolute atomic E-state index is 5.77. The molecule has 2 nitrogen and oxygen atoms in total. The molecule has 1 rings (SSSR count). The molecule has 1 aromatic rings. The molecule has 1 atom stereocenters. The lowest BCUT2D eigenvalue weighted by Gasteiger charge is -2.17. The third-order valence-electron chi connectivity index (χ3n) is 2.18. The van der Waals surface area contributed by atoms with Crippen molar-refractivity contribution in [3.63, 3.8) is 0 Å². The summed E-state index contributed by atoms with van der Waals surface area (Å²) in [7, 11) is -0.906. The molecule has 96 valence electrons. The lowest BCUT2D eigenvalue weighted by atomic mass is 10.2. The Bertz CT molecular complexity index is 317. The Kier molecular flexibility index (Phi) is 8.05. The SMILES string of the molecule is C[SiH](C)OCC(CI)COc1ccc(I)cc1. The first-order valence-corrected chi connectivity index (χ1v) is 11.1. The molecular weight excluding hydrogens is 458 g/mol.